The summed E-state index contributed by atoms with van der Waals surface area (Å²) in [7, 11) is 0. The molecule has 57 heavy (non-hydrogen) atoms. The fraction of sp³-hybridized carbons (Fsp3) is 0.333. The van der Waals surface area contributed by atoms with Crippen LogP contribution in [0.3, 0.4) is 0 Å². The molecule has 1 aliphatic carbocycles. The fourth-order valence-electron chi connectivity index (χ4n) is 8.02. The molecule has 1 aromatic heterocycles. The highest BCUT2D eigenvalue weighted by molar-refractivity contribution is 8.00. The average molecular weight is 788 g/mol. The van der Waals surface area contributed by atoms with Crippen molar-refractivity contribution < 1.29 is 29.3 Å². The van der Waals surface area contributed by atoms with Crippen molar-refractivity contribution in [1.82, 2.24) is 20.5 Å². The van der Waals surface area contributed by atoms with Crippen molar-refractivity contribution in [2.75, 3.05) is 17.8 Å². The zero-order chi connectivity index (χ0) is 40.3. The van der Waals surface area contributed by atoms with E-state index in [2.05, 4.69) is 27.0 Å². The monoisotopic (exact) mass is 787 g/mol. The summed E-state index contributed by atoms with van der Waals surface area (Å²) in [5.41, 5.74) is 7.28. The number of hydrogen-bond acceptors (Lipinski definition) is 9. The van der Waals surface area contributed by atoms with Crippen LogP contribution in [0.2, 0.25) is 0 Å². The maximum Gasteiger partial charge on any atom is 0.258 e. The second-order valence-electron chi connectivity index (χ2n) is 15.4. The van der Waals surface area contributed by atoms with Gasteiger partial charge in [0.15, 0.2) is 12.7 Å². The molecule has 5 aromatic rings. The summed E-state index contributed by atoms with van der Waals surface area (Å²) in [4.78, 5) is 47.6. The summed E-state index contributed by atoms with van der Waals surface area (Å²) >= 11 is 1.43. The number of anilines is 1. The molecule has 5 atom stereocenters. The maximum absolute atomic E-state index is 14.2. The molecular formula is C45H49N5O6S. The Morgan fingerprint density at radius 2 is 1.67 bits per heavy atom. The Kier molecular flexibility index (Phi) is 11.8. The molecule has 2 heterocycles. The van der Waals surface area contributed by atoms with Crippen molar-refractivity contribution in [1.29, 1.82) is 0 Å². The van der Waals surface area contributed by atoms with Gasteiger partial charge in [-0.25, -0.2) is 0 Å². The number of aromatic nitrogens is 1. The number of hydrogen-bond donors (Lipinski definition) is 5. The number of aliphatic hydroxyl groups is 2. The van der Waals surface area contributed by atoms with E-state index < -0.39 is 52.8 Å². The molecule has 3 amide bonds. The van der Waals surface area contributed by atoms with Crippen LogP contribution >= 0.6 is 11.8 Å². The van der Waals surface area contributed by atoms with Gasteiger partial charge in [-0.1, -0.05) is 72.8 Å². The van der Waals surface area contributed by atoms with E-state index in [1.807, 2.05) is 125 Å². The molecule has 5 N–H and O–H groups in total. The first kappa shape index (κ1) is 39.8. The number of ether oxygens (including phenoxy) is 1. The first-order valence-corrected chi connectivity index (χ1v) is 20.2. The van der Waals surface area contributed by atoms with E-state index in [0.29, 0.717) is 18.7 Å². The minimum Gasteiger partial charge on any atom is -0.483 e. The number of fused-ring (bicyclic) bond motifs is 2. The molecule has 1 saturated heterocycles. The third-order valence-corrected chi connectivity index (χ3v) is 12.3. The molecule has 11 nitrogen and oxygen atoms in total. The number of rotatable bonds is 13. The van der Waals surface area contributed by atoms with E-state index in [9.17, 15) is 24.6 Å². The summed E-state index contributed by atoms with van der Waals surface area (Å²) in [6.45, 7) is 7.87. The summed E-state index contributed by atoms with van der Waals surface area (Å²) in [5.74, 6) is -0.852. The minimum atomic E-state index is -1.66. The lowest BCUT2D eigenvalue weighted by Gasteiger charge is -2.34. The molecule has 0 unspecified atom stereocenters. The number of thioether (sulfide) groups is 1. The van der Waals surface area contributed by atoms with Gasteiger partial charge >= 0.3 is 0 Å². The molecule has 7 rings (SSSR count). The van der Waals surface area contributed by atoms with Gasteiger partial charge in [0.25, 0.3) is 11.8 Å². The molecule has 4 aromatic carbocycles. The molecular weight excluding hydrogens is 739 g/mol. The smallest absolute Gasteiger partial charge is 0.258 e. The van der Waals surface area contributed by atoms with E-state index in [4.69, 9.17) is 4.74 Å². The zero-order valence-corrected chi connectivity index (χ0v) is 33.4. The number of para-hydroxylation sites is 1. The SMILES string of the molecule is Cc1cc(NCc2ccnc3ccccc23)cc(C)c1OCC(=O)N[C@@H](Cc1ccccc1)[C@H](O)C(=O)N1CSC(C)(C)[C@H]1C(=O)N[C@H]1c2ccccc2C[C@H]1O. The van der Waals surface area contributed by atoms with Crippen molar-refractivity contribution in [2.24, 2.45) is 0 Å². The predicted molar refractivity (Wildman–Crippen MR) is 223 cm³/mol. The van der Waals surface area contributed by atoms with E-state index in [0.717, 1.165) is 50.0 Å². The topological polar surface area (TPSA) is 153 Å². The third kappa shape index (κ3) is 8.78. The largest absolute Gasteiger partial charge is 0.483 e. The van der Waals surface area contributed by atoms with Gasteiger partial charge in [-0.15, -0.1) is 11.8 Å². The van der Waals surface area contributed by atoms with Crippen LogP contribution in [0, 0.1) is 13.8 Å². The lowest BCUT2D eigenvalue weighted by molar-refractivity contribution is -0.148. The Morgan fingerprint density at radius 1 is 0.965 bits per heavy atom. The lowest BCUT2D eigenvalue weighted by atomic mass is 9.96. The summed E-state index contributed by atoms with van der Waals surface area (Å²) in [6, 6.07) is 28.3. The quantitative estimate of drug-likeness (QED) is 0.106. The molecule has 1 aliphatic heterocycles. The van der Waals surface area contributed by atoms with Crippen LogP contribution in [0.1, 0.15) is 53.3 Å². The van der Waals surface area contributed by atoms with Crippen LogP contribution < -0.4 is 20.7 Å². The lowest BCUT2D eigenvalue weighted by Crippen LogP contribution is -2.59. The van der Waals surface area contributed by atoms with Gasteiger partial charge in [-0.3, -0.25) is 19.4 Å². The van der Waals surface area contributed by atoms with Gasteiger partial charge in [0.05, 0.1) is 29.6 Å². The van der Waals surface area contributed by atoms with Gasteiger partial charge in [0.1, 0.15) is 11.8 Å². The van der Waals surface area contributed by atoms with Crippen LogP contribution in [0.15, 0.2) is 103 Å². The van der Waals surface area contributed by atoms with Crippen molar-refractivity contribution in [3.8, 4) is 5.75 Å². The number of carbonyl (C=O) groups excluding carboxylic acids is 3. The van der Waals surface area contributed by atoms with E-state index >= 15 is 0 Å². The van der Waals surface area contributed by atoms with Gasteiger partial charge in [-0.2, -0.15) is 0 Å². The normalized spacial score (nSPS) is 19.4. The summed E-state index contributed by atoms with van der Waals surface area (Å²) in [6.07, 6.45) is -0.0724. The highest BCUT2D eigenvalue weighted by Crippen LogP contribution is 2.41. The van der Waals surface area contributed by atoms with Crippen molar-refractivity contribution >= 4 is 46.1 Å². The Balaban J connectivity index is 1.02. The first-order chi connectivity index (χ1) is 27.4. The number of amides is 3. The molecule has 1 fully saturated rings. The fourth-order valence-corrected chi connectivity index (χ4v) is 9.16. The van der Waals surface area contributed by atoms with E-state index in [1.54, 1.807) is 0 Å². The van der Waals surface area contributed by atoms with Crippen LogP contribution in [-0.2, 0) is 33.8 Å². The molecule has 0 radical (unpaired) electrons. The Labute approximate surface area is 337 Å². The second kappa shape index (κ2) is 17.0. The molecule has 0 spiro atoms. The summed E-state index contributed by atoms with van der Waals surface area (Å²) in [5, 5.41) is 33.0. The first-order valence-electron chi connectivity index (χ1n) is 19.2. The predicted octanol–water partition coefficient (Wildman–Crippen LogP) is 5.39. The van der Waals surface area contributed by atoms with Gasteiger partial charge < -0.3 is 35.8 Å². The van der Waals surface area contributed by atoms with Crippen LogP contribution in [0.4, 0.5) is 5.69 Å². The molecule has 296 valence electrons. The standard InChI is InChI=1S/C45H49N5O6S/c1-27-20-32(47-24-31-18-19-46-35-17-11-10-15-33(31)35)21-28(2)41(27)56-25-38(52)48-36(22-29-12-6-5-7-13-29)40(53)44(55)50-26-57-45(3,4)42(50)43(54)49-39-34-16-9-8-14-30(34)23-37(39)51/h5-21,36-37,39-40,42,47,51,53H,22-26H2,1-4H3,(H,48,52)(H,49,54)/t36-,37+,39-,40-,42+/m0/s1. The van der Waals surface area contributed by atoms with Crippen molar-refractivity contribution in [3.05, 3.63) is 137 Å². The molecule has 12 heteroatoms. The molecule has 2 aliphatic rings. The van der Waals surface area contributed by atoms with Crippen molar-refractivity contribution in [2.45, 2.75) is 82.2 Å². The average Bonchev–Trinajstić information content (AvgIpc) is 3.70. The maximum atomic E-state index is 14.2. The number of nitrogens with one attached hydrogen (secondary N) is 3. The van der Waals surface area contributed by atoms with Gasteiger partial charge in [-0.05, 0) is 91.8 Å². The molecule has 0 saturated carbocycles. The summed E-state index contributed by atoms with van der Waals surface area (Å²) < 4.78 is 5.38. The van der Waals surface area contributed by atoms with Crippen LogP contribution in [0.5, 0.6) is 5.75 Å². The number of pyridine rings is 1. The van der Waals surface area contributed by atoms with Crippen molar-refractivity contribution in [3.63, 3.8) is 0 Å². The third-order valence-electron chi connectivity index (χ3n) is 10.9. The number of aliphatic hydroxyl groups excluding tert-OH is 2. The Hall–Kier alpha value is -5.43. The van der Waals surface area contributed by atoms with Crippen LogP contribution in [0.25, 0.3) is 10.9 Å². The van der Waals surface area contributed by atoms with E-state index in [1.165, 1.54) is 16.7 Å². The van der Waals surface area contributed by atoms with Crippen LogP contribution in [-0.4, -0.2) is 79.3 Å². The second-order valence-corrected chi connectivity index (χ2v) is 17.0. The molecule has 0 bridgehead atoms. The van der Waals surface area contributed by atoms with E-state index in [-0.39, 0.29) is 18.9 Å². The number of carbonyl (C=O) groups is 3. The minimum absolute atomic E-state index is 0.164. The Bertz CT molecular complexity index is 2240. The number of nitrogens with zero attached hydrogens (tertiary/aromatic N) is 2. The number of aryl methyl sites for hydroxylation is 2. The zero-order valence-electron chi connectivity index (χ0n) is 32.6. The van der Waals surface area contributed by atoms with Gasteiger partial charge in [0, 0.05) is 35.0 Å². The highest BCUT2D eigenvalue weighted by atomic mass is 32.2. The van der Waals surface area contributed by atoms with Gasteiger partial charge in [0.2, 0.25) is 5.91 Å². The highest BCUT2D eigenvalue weighted by Gasteiger charge is 2.50. The number of benzene rings is 4. The Morgan fingerprint density at radius 3 is 2.44 bits per heavy atom.